The lowest BCUT2D eigenvalue weighted by molar-refractivity contribution is -0.387. The van der Waals surface area contributed by atoms with Crippen LogP contribution >= 0.6 is 0 Å². The number of rotatable bonds is 4. The maximum absolute atomic E-state index is 13.6. The average Bonchev–Trinajstić information content (AvgIpc) is 2.46. The summed E-state index contributed by atoms with van der Waals surface area (Å²) in [4.78, 5) is 9.75. The van der Waals surface area contributed by atoms with Crippen molar-refractivity contribution in [2.45, 2.75) is 6.54 Å². The van der Waals surface area contributed by atoms with Gasteiger partial charge in [0.1, 0.15) is 5.82 Å². The van der Waals surface area contributed by atoms with Crippen LogP contribution in [-0.4, -0.2) is 4.92 Å². The van der Waals surface area contributed by atoms with Gasteiger partial charge in [-0.15, -0.1) is 6.42 Å². The Bertz CT molecular complexity index is 739. The molecule has 0 unspecified atom stereocenters. The molecule has 0 spiro atoms. The molecule has 2 rings (SSSR count). The van der Waals surface area contributed by atoms with Crippen LogP contribution < -0.4 is 5.32 Å². The van der Waals surface area contributed by atoms with Gasteiger partial charge < -0.3 is 5.32 Å². The minimum Gasteiger partial charge on any atom is -0.381 e. The maximum Gasteiger partial charge on any atom is 0.305 e. The van der Waals surface area contributed by atoms with Crippen LogP contribution in [0.25, 0.3) is 0 Å². The summed E-state index contributed by atoms with van der Waals surface area (Å²) in [5.41, 5.74) is 0.516. The van der Waals surface area contributed by atoms with E-state index >= 15 is 0 Å². The highest BCUT2D eigenvalue weighted by molar-refractivity contribution is 5.50. The van der Waals surface area contributed by atoms with E-state index in [0.29, 0.717) is 17.3 Å². The fraction of sp³-hybridized carbons (Fsp3) is 0.0667. The Kier molecular flexibility index (Phi) is 4.14. The summed E-state index contributed by atoms with van der Waals surface area (Å²) >= 11 is 0. The van der Waals surface area contributed by atoms with E-state index < -0.39 is 22.2 Å². The van der Waals surface area contributed by atoms with Crippen LogP contribution in [0.4, 0.5) is 20.2 Å². The van der Waals surface area contributed by atoms with Crippen molar-refractivity contribution in [2.75, 3.05) is 5.32 Å². The molecule has 0 saturated heterocycles. The smallest absolute Gasteiger partial charge is 0.305 e. The fourth-order valence-electron chi connectivity index (χ4n) is 1.77. The standard InChI is InChI=1S/C15H10F2N2O2/c1-2-10-4-3-5-12(6-10)18-9-11-7-15(19(20)21)14(17)8-13(11)16/h1,3-8,18H,9H2. The second-order valence-electron chi connectivity index (χ2n) is 4.23. The Balaban J connectivity index is 2.22. The van der Waals surface area contributed by atoms with E-state index in [1.165, 1.54) is 0 Å². The first-order chi connectivity index (χ1) is 10.0. The van der Waals surface area contributed by atoms with Gasteiger partial charge in [0.15, 0.2) is 0 Å². The van der Waals surface area contributed by atoms with Crippen LogP contribution in [0.2, 0.25) is 0 Å². The van der Waals surface area contributed by atoms with Gasteiger partial charge in [-0.3, -0.25) is 10.1 Å². The lowest BCUT2D eigenvalue weighted by atomic mass is 10.1. The van der Waals surface area contributed by atoms with Crippen LogP contribution in [0.1, 0.15) is 11.1 Å². The summed E-state index contributed by atoms with van der Waals surface area (Å²) in [5.74, 6) is 0.408. The van der Waals surface area contributed by atoms with Gasteiger partial charge in [-0.25, -0.2) is 4.39 Å². The lowest BCUT2D eigenvalue weighted by Crippen LogP contribution is -2.04. The molecular weight excluding hydrogens is 278 g/mol. The molecular formula is C15H10F2N2O2. The number of terminal acetylenes is 1. The number of hydrogen-bond acceptors (Lipinski definition) is 3. The molecule has 2 aromatic carbocycles. The predicted octanol–water partition coefficient (Wildman–Crippen LogP) is 3.47. The largest absolute Gasteiger partial charge is 0.381 e. The molecule has 0 bridgehead atoms. The number of hydrogen-bond donors (Lipinski definition) is 1. The summed E-state index contributed by atoms with van der Waals surface area (Å²) in [5, 5.41) is 13.5. The van der Waals surface area contributed by atoms with E-state index in [4.69, 9.17) is 6.42 Å². The summed E-state index contributed by atoms with van der Waals surface area (Å²) < 4.78 is 26.8. The van der Waals surface area contributed by atoms with Gasteiger partial charge in [0.05, 0.1) is 4.92 Å². The van der Waals surface area contributed by atoms with E-state index in [1.54, 1.807) is 24.3 Å². The Morgan fingerprint density at radius 2 is 2.00 bits per heavy atom. The molecule has 0 saturated carbocycles. The van der Waals surface area contributed by atoms with Crippen LogP contribution in [0.5, 0.6) is 0 Å². The average molecular weight is 288 g/mol. The minimum absolute atomic E-state index is 0.00536. The van der Waals surface area contributed by atoms with Gasteiger partial charge in [0.2, 0.25) is 5.82 Å². The van der Waals surface area contributed by atoms with Crippen LogP contribution in [0.3, 0.4) is 0 Å². The van der Waals surface area contributed by atoms with Gasteiger partial charge >= 0.3 is 5.69 Å². The van der Waals surface area contributed by atoms with Gasteiger partial charge in [0, 0.05) is 35.5 Å². The Labute approximate surface area is 119 Å². The molecule has 6 heteroatoms. The summed E-state index contributed by atoms with van der Waals surface area (Å²) in [6.45, 7) is -0.0268. The highest BCUT2D eigenvalue weighted by Crippen LogP contribution is 2.22. The molecule has 0 aliphatic rings. The van der Waals surface area contributed by atoms with Crippen molar-refractivity contribution in [3.8, 4) is 12.3 Å². The topological polar surface area (TPSA) is 55.2 Å². The maximum atomic E-state index is 13.6. The molecule has 0 amide bonds. The zero-order chi connectivity index (χ0) is 15.4. The van der Waals surface area contributed by atoms with E-state index in [0.717, 1.165) is 6.07 Å². The van der Waals surface area contributed by atoms with Crippen molar-refractivity contribution in [1.29, 1.82) is 0 Å². The van der Waals surface area contributed by atoms with Crippen LogP contribution in [-0.2, 0) is 6.54 Å². The number of anilines is 1. The van der Waals surface area contributed by atoms with Crippen molar-refractivity contribution in [1.82, 2.24) is 0 Å². The molecule has 0 atom stereocenters. The first-order valence-corrected chi connectivity index (χ1v) is 5.94. The molecule has 0 aliphatic heterocycles. The molecule has 0 heterocycles. The van der Waals surface area contributed by atoms with E-state index in [1.807, 2.05) is 0 Å². The highest BCUT2D eigenvalue weighted by Gasteiger charge is 2.18. The number of nitrogens with zero attached hydrogens (tertiary/aromatic N) is 1. The van der Waals surface area contributed by atoms with Gasteiger partial charge in [-0.2, -0.15) is 4.39 Å². The minimum atomic E-state index is -1.20. The third kappa shape index (κ3) is 3.34. The molecule has 1 N–H and O–H groups in total. The zero-order valence-electron chi connectivity index (χ0n) is 10.8. The number of nitrogens with one attached hydrogen (secondary N) is 1. The lowest BCUT2D eigenvalue weighted by Gasteiger charge is -2.08. The normalized spacial score (nSPS) is 9.95. The molecule has 0 fully saturated rings. The molecule has 4 nitrogen and oxygen atoms in total. The van der Waals surface area contributed by atoms with Crippen molar-refractivity contribution < 1.29 is 13.7 Å². The summed E-state index contributed by atoms with van der Waals surface area (Å²) in [6.07, 6.45) is 5.27. The number of nitro benzene ring substituents is 1. The second kappa shape index (κ2) is 6.01. The Morgan fingerprint density at radius 1 is 1.24 bits per heavy atom. The van der Waals surface area contributed by atoms with Gasteiger partial charge in [-0.1, -0.05) is 12.0 Å². The Morgan fingerprint density at radius 3 is 2.67 bits per heavy atom. The van der Waals surface area contributed by atoms with E-state index in [2.05, 4.69) is 11.2 Å². The number of nitro groups is 1. The quantitative estimate of drug-likeness (QED) is 0.532. The molecule has 2 aromatic rings. The SMILES string of the molecule is C#Cc1cccc(NCc2cc([N+](=O)[O-])c(F)cc2F)c1. The second-order valence-corrected chi connectivity index (χ2v) is 4.23. The molecule has 21 heavy (non-hydrogen) atoms. The predicted molar refractivity (Wildman–Crippen MR) is 74.7 cm³/mol. The van der Waals surface area contributed by atoms with Crippen molar-refractivity contribution >= 4 is 11.4 Å². The van der Waals surface area contributed by atoms with Crippen LogP contribution in [0.15, 0.2) is 36.4 Å². The summed E-state index contributed by atoms with van der Waals surface area (Å²) in [6, 6.07) is 8.23. The number of benzene rings is 2. The molecule has 0 aliphatic carbocycles. The molecule has 106 valence electrons. The monoisotopic (exact) mass is 288 g/mol. The Hall–Kier alpha value is -2.94. The van der Waals surface area contributed by atoms with Gasteiger partial charge in [-0.05, 0) is 18.2 Å². The van der Waals surface area contributed by atoms with Crippen molar-refractivity contribution in [3.05, 3.63) is 69.3 Å². The molecule has 0 aromatic heterocycles. The molecule has 0 radical (unpaired) electrons. The van der Waals surface area contributed by atoms with E-state index in [-0.39, 0.29) is 12.1 Å². The third-order valence-electron chi connectivity index (χ3n) is 2.82. The highest BCUT2D eigenvalue weighted by atomic mass is 19.1. The van der Waals surface area contributed by atoms with E-state index in [9.17, 15) is 18.9 Å². The summed E-state index contributed by atoms with van der Waals surface area (Å²) in [7, 11) is 0. The van der Waals surface area contributed by atoms with Crippen LogP contribution in [0, 0.1) is 34.1 Å². The van der Waals surface area contributed by atoms with Crippen molar-refractivity contribution in [3.63, 3.8) is 0 Å². The first kappa shape index (κ1) is 14.5. The third-order valence-corrected chi connectivity index (χ3v) is 2.82. The van der Waals surface area contributed by atoms with Gasteiger partial charge in [0.25, 0.3) is 0 Å². The zero-order valence-corrected chi connectivity index (χ0v) is 10.8. The number of halogens is 2. The van der Waals surface area contributed by atoms with Crippen molar-refractivity contribution in [2.24, 2.45) is 0 Å². The fourth-order valence-corrected chi connectivity index (χ4v) is 1.77. The first-order valence-electron chi connectivity index (χ1n) is 5.94.